The summed E-state index contributed by atoms with van der Waals surface area (Å²) in [5.74, 6) is -2.27. The van der Waals surface area contributed by atoms with Crippen LogP contribution in [0.2, 0.25) is 0 Å². The van der Waals surface area contributed by atoms with Gasteiger partial charge in [0, 0.05) is 11.8 Å². The zero-order chi connectivity index (χ0) is 12.6. The predicted octanol–water partition coefficient (Wildman–Crippen LogP) is -0.367. The van der Waals surface area contributed by atoms with E-state index in [0.717, 1.165) is 0 Å². The van der Waals surface area contributed by atoms with E-state index < -0.39 is 11.8 Å². The van der Waals surface area contributed by atoms with Crippen molar-refractivity contribution in [2.24, 2.45) is 0 Å². The SMILES string of the molecule is [B]c1ncc(OC)c2c(C(=O)C(=O)O)c[nH]c12. The number of aromatic nitrogens is 2. The lowest BCUT2D eigenvalue weighted by atomic mass is 9.99. The minimum absolute atomic E-state index is 0.00144. The summed E-state index contributed by atoms with van der Waals surface area (Å²) in [4.78, 5) is 28.7. The standard InChI is InChI=1S/C10H7BN2O4/c1-17-5-3-13-9(11)7-6(5)4(2-12-7)8(14)10(15)16/h2-3,12H,1H3,(H,15,16). The first-order valence-corrected chi connectivity index (χ1v) is 4.63. The average Bonchev–Trinajstić information content (AvgIpc) is 2.74. The number of carbonyl (C=O) groups is 2. The number of nitrogens with zero attached hydrogens (tertiary/aromatic N) is 1. The van der Waals surface area contributed by atoms with Crippen molar-refractivity contribution in [3.8, 4) is 5.75 Å². The van der Waals surface area contributed by atoms with E-state index in [0.29, 0.717) is 16.7 Å². The maximum Gasteiger partial charge on any atom is 0.377 e. The van der Waals surface area contributed by atoms with Crippen LogP contribution in [-0.2, 0) is 4.79 Å². The van der Waals surface area contributed by atoms with E-state index in [9.17, 15) is 9.59 Å². The van der Waals surface area contributed by atoms with Gasteiger partial charge >= 0.3 is 5.97 Å². The van der Waals surface area contributed by atoms with E-state index in [1.54, 1.807) is 0 Å². The van der Waals surface area contributed by atoms with Crippen LogP contribution >= 0.6 is 0 Å². The molecule has 7 heteroatoms. The fourth-order valence-corrected chi connectivity index (χ4v) is 1.59. The molecule has 0 amide bonds. The monoisotopic (exact) mass is 230 g/mol. The van der Waals surface area contributed by atoms with E-state index in [1.165, 1.54) is 19.5 Å². The molecule has 0 saturated heterocycles. The second kappa shape index (κ2) is 3.93. The number of pyridine rings is 1. The second-order valence-corrected chi connectivity index (χ2v) is 3.30. The first-order valence-electron chi connectivity index (χ1n) is 4.63. The maximum absolute atomic E-state index is 11.5. The minimum Gasteiger partial charge on any atom is -0.494 e. The Bertz CT molecular complexity index is 620. The van der Waals surface area contributed by atoms with Crippen molar-refractivity contribution in [3.63, 3.8) is 0 Å². The summed E-state index contributed by atoms with van der Waals surface area (Å²) in [5, 5.41) is 9.02. The van der Waals surface area contributed by atoms with E-state index >= 15 is 0 Å². The molecule has 0 bridgehead atoms. The molecule has 0 aliphatic rings. The Morgan fingerprint density at radius 2 is 2.24 bits per heavy atom. The van der Waals surface area contributed by atoms with E-state index in [1.807, 2.05) is 0 Å². The minimum atomic E-state index is -1.54. The number of ether oxygens (including phenoxy) is 1. The number of hydrogen-bond donors (Lipinski definition) is 2. The number of aromatic amines is 1. The Balaban J connectivity index is 2.78. The van der Waals surface area contributed by atoms with Gasteiger partial charge in [-0.1, -0.05) is 0 Å². The molecule has 0 aliphatic carbocycles. The Morgan fingerprint density at radius 1 is 1.53 bits per heavy atom. The molecule has 2 heterocycles. The van der Waals surface area contributed by atoms with Gasteiger partial charge in [0.25, 0.3) is 5.78 Å². The van der Waals surface area contributed by atoms with Crippen molar-refractivity contribution in [2.75, 3.05) is 7.11 Å². The summed E-state index contributed by atoms with van der Waals surface area (Å²) in [7, 11) is 7.01. The molecule has 2 aromatic rings. The van der Waals surface area contributed by atoms with Gasteiger partial charge in [0.15, 0.2) is 0 Å². The second-order valence-electron chi connectivity index (χ2n) is 3.30. The van der Waals surface area contributed by atoms with Gasteiger partial charge in [0.05, 0.1) is 29.8 Å². The molecular formula is C10H7BN2O4. The van der Waals surface area contributed by atoms with Gasteiger partial charge in [-0.25, -0.2) is 4.79 Å². The molecule has 0 atom stereocenters. The van der Waals surface area contributed by atoms with Gasteiger partial charge in [-0.15, -0.1) is 0 Å². The summed E-state index contributed by atoms with van der Waals surface area (Å²) < 4.78 is 5.03. The smallest absolute Gasteiger partial charge is 0.377 e. The van der Waals surface area contributed by atoms with Gasteiger partial charge in [0.2, 0.25) is 0 Å². The number of methoxy groups -OCH3 is 1. The van der Waals surface area contributed by atoms with Gasteiger partial charge in [-0.3, -0.25) is 9.78 Å². The highest BCUT2D eigenvalue weighted by Crippen LogP contribution is 2.26. The number of ketones is 1. The predicted molar refractivity (Wildman–Crippen MR) is 60.0 cm³/mol. The van der Waals surface area contributed by atoms with E-state index in [-0.39, 0.29) is 11.2 Å². The van der Waals surface area contributed by atoms with Crippen LogP contribution in [0, 0.1) is 0 Å². The lowest BCUT2D eigenvalue weighted by Crippen LogP contribution is -2.13. The van der Waals surface area contributed by atoms with Crippen LogP contribution in [-0.4, -0.2) is 41.8 Å². The summed E-state index contributed by atoms with van der Waals surface area (Å²) in [6.07, 6.45) is 2.62. The van der Waals surface area contributed by atoms with Crippen LogP contribution in [0.3, 0.4) is 0 Å². The third-order valence-corrected chi connectivity index (χ3v) is 2.36. The third kappa shape index (κ3) is 1.65. The molecule has 0 aliphatic heterocycles. The van der Waals surface area contributed by atoms with Crippen molar-refractivity contribution in [3.05, 3.63) is 18.0 Å². The van der Waals surface area contributed by atoms with Crippen LogP contribution < -0.4 is 10.3 Å². The third-order valence-electron chi connectivity index (χ3n) is 2.36. The lowest BCUT2D eigenvalue weighted by Gasteiger charge is -2.04. The number of carboxylic acids is 1. The van der Waals surface area contributed by atoms with E-state index in [2.05, 4.69) is 9.97 Å². The van der Waals surface area contributed by atoms with Crippen LogP contribution in [0.15, 0.2) is 12.4 Å². The van der Waals surface area contributed by atoms with Crippen molar-refractivity contribution in [1.29, 1.82) is 0 Å². The molecule has 84 valence electrons. The summed E-state index contributed by atoms with van der Waals surface area (Å²) in [6.45, 7) is 0. The molecule has 0 spiro atoms. The van der Waals surface area contributed by atoms with Gasteiger partial charge < -0.3 is 14.8 Å². The van der Waals surface area contributed by atoms with Crippen molar-refractivity contribution in [1.82, 2.24) is 9.97 Å². The Labute approximate surface area is 97.0 Å². The molecule has 0 fully saturated rings. The number of hydrogen-bond acceptors (Lipinski definition) is 4. The highest BCUT2D eigenvalue weighted by atomic mass is 16.5. The summed E-state index contributed by atoms with van der Waals surface area (Å²) in [6, 6.07) is 0. The van der Waals surface area contributed by atoms with Gasteiger partial charge in [-0.05, 0) is 0 Å². The normalized spacial score (nSPS) is 10.4. The van der Waals surface area contributed by atoms with E-state index in [4.69, 9.17) is 17.7 Å². The zero-order valence-corrected chi connectivity index (χ0v) is 8.85. The fourth-order valence-electron chi connectivity index (χ4n) is 1.59. The van der Waals surface area contributed by atoms with Crippen LogP contribution in [0.5, 0.6) is 5.75 Å². The lowest BCUT2D eigenvalue weighted by molar-refractivity contribution is -0.131. The van der Waals surface area contributed by atoms with Gasteiger partial charge in [-0.2, -0.15) is 0 Å². The Kier molecular flexibility index (Phi) is 2.59. The highest BCUT2D eigenvalue weighted by Gasteiger charge is 2.22. The molecule has 0 aromatic carbocycles. The molecule has 17 heavy (non-hydrogen) atoms. The number of carboxylic acid groups (broad SMARTS) is 1. The molecule has 0 saturated carbocycles. The quantitative estimate of drug-likeness (QED) is 0.426. The maximum atomic E-state index is 11.5. The van der Waals surface area contributed by atoms with Crippen LogP contribution in [0.4, 0.5) is 0 Å². The summed E-state index contributed by atoms with van der Waals surface area (Å²) in [5.41, 5.74) is 0.553. The number of carbonyl (C=O) groups excluding carboxylic acids is 1. The largest absolute Gasteiger partial charge is 0.494 e. The molecule has 0 unspecified atom stereocenters. The number of aliphatic carboxylic acids is 1. The number of nitrogens with one attached hydrogen (secondary N) is 1. The summed E-state index contributed by atoms with van der Waals surface area (Å²) >= 11 is 0. The Hall–Kier alpha value is -2.31. The topological polar surface area (TPSA) is 92.3 Å². The number of rotatable bonds is 3. The first kappa shape index (κ1) is 11.2. The Morgan fingerprint density at radius 3 is 2.82 bits per heavy atom. The fraction of sp³-hybridized carbons (Fsp3) is 0.100. The molecular weight excluding hydrogens is 223 g/mol. The number of fused-ring (bicyclic) bond motifs is 1. The first-order chi connectivity index (χ1) is 8.06. The molecule has 2 N–H and O–H groups in total. The van der Waals surface area contributed by atoms with Crippen molar-refractivity contribution < 1.29 is 19.4 Å². The molecule has 2 rings (SSSR count). The highest BCUT2D eigenvalue weighted by molar-refractivity contribution is 6.44. The average molecular weight is 230 g/mol. The number of H-pyrrole nitrogens is 1. The molecule has 2 aromatic heterocycles. The number of Topliss-reactive ketones (excluding diaryl/α,β-unsaturated/α-hetero) is 1. The van der Waals surface area contributed by atoms with Gasteiger partial charge in [0.1, 0.15) is 13.6 Å². The van der Waals surface area contributed by atoms with Crippen LogP contribution in [0.25, 0.3) is 10.9 Å². The molecule has 2 radical (unpaired) electrons. The molecule has 6 nitrogen and oxygen atoms in total. The van der Waals surface area contributed by atoms with Crippen LogP contribution in [0.1, 0.15) is 10.4 Å². The van der Waals surface area contributed by atoms with Crippen molar-refractivity contribution in [2.45, 2.75) is 0 Å². The zero-order valence-electron chi connectivity index (χ0n) is 8.85. The van der Waals surface area contributed by atoms with Crippen molar-refractivity contribution >= 4 is 36.1 Å².